The Hall–Kier alpha value is -1.73. The molecule has 0 amide bonds. The number of pyridine rings is 1. The number of rotatable bonds is 3. The predicted octanol–water partition coefficient (Wildman–Crippen LogP) is 1.19. The highest BCUT2D eigenvalue weighted by Crippen LogP contribution is 2.19. The average Bonchev–Trinajstić information content (AvgIpc) is 3.00. The van der Waals surface area contributed by atoms with Crippen molar-refractivity contribution in [1.82, 2.24) is 19.9 Å². The molecule has 3 heterocycles. The molecule has 0 fully saturated rings. The second-order valence-electron chi connectivity index (χ2n) is 4.83. The van der Waals surface area contributed by atoms with Crippen molar-refractivity contribution in [3.05, 3.63) is 27.7 Å². The van der Waals surface area contributed by atoms with Crippen LogP contribution in [0.3, 0.4) is 0 Å². The minimum atomic E-state index is -0.0300. The highest BCUT2D eigenvalue weighted by Gasteiger charge is 2.18. The Labute approximate surface area is 126 Å². The number of hydrogen-bond acceptors (Lipinski definition) is 6. The normalized spacial score (nSPS) is 14.7. The van der Waals surface area contributed by atoms with Gasteiger partial charge in [-0.2, -0.15) is 0 Å². The molecule has 1 aliphatic heterocycles. The van der Waals surface area contributed by atoms with Crippen molar-refractivity contribution in [3.8, 4) is 0 Å². The van der Waals surface area contributed by atoms with Gasteiger partial charge in [0.25, 0.3) is 5.56 Å². The van der Waals surface area contributed by atoms with Gasteiger partial charge in [-0.1, -0.05) is 11.8 Å². The van der Waals surface area contributed by atoms with Gasteiger partial charge in [0, 0.05) is 18.5 Å². The molecule has 0 bridgehead atoms. The Morgan fingerprint density at radius 1 is 1.43 bits per heavy atom. The number of aryl methyl sites for hydroxylation is 2. The molecular formula is C14H17N5OS. The molecule has 6 nitrogen and oxygen atoms in total. The standard InChI is InChI=1S/C14H17N5OS/c1-4-19-12-9(8(2)17-14(18-12)21-3)5-10(13(19)20)11-6-15-7-16-11/h5,15H,4,6-7H2,1-3H3. The first kappa shape index (κ1) is 14.2. The van der Waals surface area contributed by atoms with Gasteiger partial charge in [0.15, 0.2) is 5.16 Å². The summed E-state index contributed by atoms with van der Waals surface area (Å²) in [4.78, 5) is 26.0. The number of hydrogen-bond donors (Lipinski definition) is 1. The first-order valence-electron chi connectivity index (χ1n) is 6.86. The molecule has 0 saturated heterocycles. The molecule has 0 radical (unpaired) electrons. The van der Waals surface area contributed by atoms with Crippen LogP contribution in [0.5, 0.6) is 0 Å². The number of aromatic nitrogens is 3. The summed E-state index contributed by atoms with van der Waals surface area (Å²) >= 11 is 1.48. The average molecular weight is 303 g/mol. The lowest BCUT2D eigenvalue weighted by Crippen LogP contribution is -2.29. The minimum absolute atomic E-state index is 0.0300. The van der Waals surface area contributed by atoms with E-state index in [1.807, 2.05) is 26.2 Å². The Morgan fingerprint density at radius 3 is 2.86 bits per heavy atom. The van der Waals surface area contributed by atoms with Crippen LogP contribution in [0.4, 0.5) is 0 Å². The second kappa shape index (κ2) is 5.57. The monoisotopic (exact) mass is 303 g/mol. The van der Waals surface area contributed by atoms with Crippen LogP contribution in [0.15, 0.2) is 21.0 Å². The molecule has 0 aromatic carbocycles. The van der Waals surface area contributed by atoms with Crippen LogP contribution < -0.4 is 10.9 Å². The highest BCUT2D eigenvalue weighted by atomic mass is 32.2. The van der Waals surface area contributed by atoms with Crippen LogP contribution in [0.25, 0.3) is 11.0 Å². The van der Waals surface area contributed by atoms with E-state index in [2.05, 4.69) is 20.3 Å². The van der Waals surface area contributed by atoms with Crippen LogP contribution in [-0.4, -0.2) is 39.7 Å². The molecule has 110 valence electrons. The molecule has 2 aromatic heterocycles. The molecule has 1 aliphatic rings. The first-order chi connectivity index (χ1) is 10.2. The summed E-state index contributed by atoms with van der Waals surface area (Å²) in [5, 5.41) is 4.73. The van der Waals surface area contributed by atoms with Gasteiger partial charge < -0.3 is 0 Å². The van der Waals surface area contributed by atoms with Gasteiger partial charge in [-0.15, -0.1) is 0 Å². The maximum Gasteiger partial charge on any atom is 0.261 e. The number of fused-ring (bicyclic) bond motifs is 1. The maximum atomic E-state index is 12.7. The molecule has 21 heavy (non-hydrogen) atoms. The zero-order chi connectivity index (χ0) is 15.0. The van der Waals surface area contributed by atoms with Crippen molar-refractivity contribution in [3.63, 3.8) is 0 Å². The largest absolute Gasteiger partial charge is 0.293 e. The number of aliphatic imine (C=N–C) groups is 1. The summed E-state index contributed by atoms with van der Waals surface area (Å²) in [5.74, 6) is 0. The summed E-state index contributed by atoms with van der Waals surface area (Å²) in [6.45, 7) is 5.68. The van der Waals surface area contributed by atoms with Crippen molar-refractivity contribution in [2.45, 2.75) is 25.5 Å². The third-order valence-electron chi connectivity index (χ3n) is 3.60. The van der Waals surface area contributed by atoms with E-state index in [0.717, 1.165) is 16.8 Å². The molecule has 0 saturated carbocycles. The third-order valence-corrected chi connectivity index (χ3v) is 4.15. The number of nitrogens with one attached hydrogen (secondary N) is 1. The summed E-state index contributed by atoms with van der Waals surface area (Å²) in [6, 6.07) is 1.88. The van der Waals surface area contributed by atoms with Gasteiger partial charge in [-0.05, 0) is 26.2 Å². The van der Waals surface area contributed by atoms with Crippen molar-refractivity contribution in [1.29, 1.82) is 0 Å². The second-order valence-corrected chi connectivity index (χ2v) is 5.60. The molecule has 3 rings (SSSR count). The molecule has 1 N–H and O–H groups in total. The van der Waals surface area contributed by atoms with E-state index in [1.165, 1.54) is 11.8 Å². The zero-order valence-electron chi connectivity index (χ0n) is 12.3. The van der Waals surface area contributed by atoms with Crippen LogP contribution in [-0.2, 0) is 6.54 Å². The minimum Gasteiger partial charge on any atom is -0.293 e. The van der Waals surface area contributed by atoms with Crippen LogP contribution >= 0.6 is 11.8 Å². The van der Waals surface area contributed by atoms with Crippen LogP contribution in [0.2, 0.25) is 0 Å². The van der Waals surface area contributed by atoms with Crippen molar-refractivity contribution in [2.75, 3.05) is 19.5 Å². The molecule has 0 unspecified atom stereocenters. The van der Waals surface area contributed by atoms with E-state index in [-0.39, 0.29) is 5.56 Å². The summed E-state index contributed by atoms with van der Waals surface area (Å²) in [5.41, 5.74) is 3.03. The lowest BCUT2D eigenvalue weighted by atomic mass is 10.1. The lowest BCUT2D eigenvalue weighted by Gasteiger charge is -2.12. The van der Waals surface area contributed by atoms with E-state index in [0.29, 0.717) is 36.1 Å². The summed E-state index contributed by atoms with van der Waals surface area (Å²) in [7, 11) is 0. The Bertz CT molecular complexity index is 796. The number of nitrogens with zero attached hydrogens (tertiary/aromatic N) is 4. The van der Waals surface area contributed by atoms with Gasteiger partial charge >= 0.3 is 0 Å². The Balaban J connectivity index is 2.36. The van der Waals surface area contributed by atoms with E-state index in [4.69, 9.17) is 0 Å². The SMILES string of the molecule is CCn1c(=O)c(C2=NCNC2)cc2c(C)nc(SC)nc21. The Morgan fingerprint density at radius 2 is 2.24 bits per heavy atom. The lowest BCUT2D eigenvalue weighted by molar-refractivity contribution is 0.737. The number of thioether (sulfide) groups is 1. The topological polar surface area (TPSA) is 72.2 Å². The van der Waals surface area contributed by atoms with E-state index in [1.54, 1.807) is 4.57 Å². The van der Waals surface area contributed by atoms with Gasteiger partial charge in [0.1, 0.15) is 5.65 Å². The van der Waals surface area contributed by atoms with E-state index < -0.39 is 0 Å². The molecule has 0 aliphatic carbocycles. The van der Waals surface area contributed by atoms with Gasteiger partial charge in [-0.25, -0.2) is 9.97 Å². The van der Waals surface area contributed by atoms with Crippen LogP contribution in [0.1, 0.15) is 18.2 Å². The molecule has 0 spiro atoms. The quantitative estimate of drug-likeness (QED) is 0.681. The smallest absolute Gasteiger partial charge is 0.261 e. The molecular weight excluding hydrogens is 286 g/mol. The molecule has 7 heteroatoms. The van der Waals surface area contributed by atoms with Gasteiger partial charge in [0.05, 0.1) is 23.6 Å². The molecule has 2 aromatic rings. The van der Waals surface area contributed by atoms with Crippen molar-refractivity contribution in [2.24, 2.45) is 4.99 Å². The van der Waals surface area contributed by atoms with Crippen molar-refractivity contribution >= 4 is 28.5 Å². The fourth-order valence-corrected chi connectivity index (χ4v) is 2.92. The first-order valence-corrected chi connectivity index (χ1v) is 8.08. The van der Waals surface area contributed by atoms with Crippen molar-refractivity contribution < 1.29 is 0 Å². The maximum absolute atomic E-state index is 12.7. The predicted molar refractivity (Wildman–Crippen MR) is 85.4 cm³/mol. The molecule has 0 atom stereocenters. The highest BCUT2D eigenvalue weighted by molar-refractivity contribution is 7.98. The van der Waals surface area contributed by atoms with E-state index in [9.17, 15) is 4.79 Å². The fraction of sp³-hybridized carbons (Fsp3) is 0.429. The zero-order valence-corrected chi connectivity index (χ0v) is 13.1. The third kappa shape index (κ3) is 2.36. The van der Waals surface area contributed by atoms with Gasteiger partial charge in [0.2, 0.25) is 0 Å². The van der Waals surface area contributed by atoms with Gasteiger partial charge in [-0.3, -0.25) is 19.7 Å². The summed E-state index contributed by atoms with van der Waals surface area (Å²) < 4.78 is 1.71. The van der Waals surface area contributed by atoms with Crippen LogP contribution in [0, 0.1) is 6.92 Å². The summed E-state index contributed by atoms with van der Waals surface area (Å²) in [6.07, 6.45) is 1.93. The fourth-order valence-electron chi connectivity index (χ4n) is 2.52. The Kier molecular flexibility index (Phi) is 3.77. The van der Waals surface area contributed by atoms with E-state index >= 15 is 0 Å².